The summed E-state index contributed by atoms with van der Waals surface area (Å²) in [5.74, 6) is -1.40. The van der Waals surface area contributed by atoms with Gasteiger partial charge in [0.05, 0.1) is 26.0 Å². The number of aromatic amines is 1. The van der Waals surface area contributed by atoms with Crippen molar-refractivity contribution in [3.05, 3.63) is 58.0 Å². The van der Waals surface area contributed by atoms with E-state index in [1.807, 2.05) is 19.1 Å². The van der Waals surface area contributed by atoms with Gasteiger partial charge in [0.2, 0.25) is 0 Å². The molecule has 0 spiro atoms. The zero-order valence-electron chi connectivity index (χ0n) is 14.0. The molecule has 0 saturated carbocycles. The minimum Gasteiger partial charge on any atom is -0.466 e. The third-order valence-corrected chi connectivity index (χ3v) is 3.35. The van der Waals surface area contributed by atoms with Crippen LogP contribution < -0.4 is 10.9 Å². The van der Waals surface area contributed by atoms with Crippen LogP contribution in [0.1, 0.15) is 5.56 Å². The monoisotopic (exact) mass is 343 g/mol. The second kappa shape index (κ2) is 7.91. The van der Waals surface area contributed by atoms with Crippen LogP contribution in [0, 0.1) is 6.92 Å². The topological polar surface area (TPSA) is 110 Å². The Bertz CT molecular complexity index is 866. The number of anilines is 1. The predicted octanol–water partition coefficient (Wildman–Crippen LogP) is 1.39. The molecule has 2 aromatic rings. The molecule has 1 heterocycles. The minimum absolute atomic E-state index is 0.0657. The van der Waals surface area contributed by atoms with Gasteiger partial charge in [-0.2, -0.15) is 5.10 Å². The van der Waals surface area contributed by atoms with Crippen molar-refractivity contribution in [1.29, 1.82) is 0 Å². The molecule has 25 heavy (non-hydrogen) atoms. The Balaban J connectivity index is 2.40. The molecule has 0 aliphatic rings. The molecule has 0 fully saturated rings. The maximum atomic E-state index is 11.9. The van der Waals surface area contributed by atoms with Crippen LogP contribution in [0.3, 0.4) is 0 Å². The lowest BCUT2D eigenvalue weighted by atomic mass is 10.1. The summed E-state index contributed by atoms with van der Waals surface area (Å²) in [6, 6.07) is 8.33. The van der Waals surface area contributed by atoms with Crippen LogP contribution >= 0.6 is 0 Å². The molecule has 0 unspecified atom stereocenters. The number of carbonyl (C=O) groups is 2. The van der Waals surface area contributed by atoms with Gasteiger partial charge in [-0.05, 0) is 24.6 Å². The molecule has 0 bridgehead atoms. The fraction of sp³-hybridized carbons (Fsp3) is 0.176. The quantitative estimate of drug-likeness (QED) is 0.623. The Kier molecular flexibility index (Phi) is 5.67. The normalized spacial score (nSPS) is 10.9. The van der Waals surface area contributed by atoms with Crippen molar-refractivity contribution < 1.29 is 19.1 Å². The van der Waals surface area contributed by atoms with E-state index in [4.69, 9.17) is 0 Å². The minimum atomic E-state index is -0.711. The summed E-state index contributed by atoms with van der Waals surface area (Å²) < 4.78 is 9.21. The van der Waals surface area contributed by atoms with Crippen LogP contribution in [0.4, 0.5) is 5.69 Å². The van der Waals surface area contributed by atoms with Crippen molar-refractivity contribution in [1.82, 2.24) is 10.2 Å². The van der Waals surface area contributed by atoms with Gasteiger partial charge < -0.3 is 14.8 Å². The largest absolute Gasteiger partial charge is 0.466 e. The zero-order chi connectivity index (χ0) is 18.4. The van der Waals surface area contributed by atoms with Gasteiger partial charge in [-0.1, -0.05) is 12.1 Å². The number of aromatic nitrogens is 2. The van der Waals surface area contributed by atoms with Crippen molar-refractivity contribution in [3.63, 3.8) is 0 Å². The molecule has 130 valence electrons. The fourth-order valence-electron chi connectivity index (χ4n) is 2.00. The van der Waals surface area contributed by atoms with Crippen molar-refractivity contribution >= 4 is 17.6 Å². The van der Waals surface area contributed by atoms with E-state index < -0.39 is 11.9 Å². The summed E-state index contributed by atoms with van der Waals surface area (Å²) in [6.07, 6.45) is 1.01. The first-order chi connectivity index (χ1) is 11.9. The number of hydrogen-bond acceptors (Lipinski definition) is 7. The molecule has 0 saturated heterocycles. The molecule has 2 N–H and O–H groups in total. The van der Waals surface area contributed by atoms with E-state index in [1.54, 1.807) is 12.1 Å². The van der Waals surface area contributed by atoms with Crippen LogP contribution in [0.15, 0.2) is 46.9 Å². The van der Waals surface area contributed by atoms with Gasteiger partial charge in [-0.15, -0.1) is 0 Å². The number of nitrogens with zero attached hydrogens (tertiary/aromatic N) is 1. The number of hydrogen-bond donors (Lipinski definition) is 2. The van der Waals surface area contributed by atoms with Gasteiger partial charge in [0.1, 0.15) is 5.70 Å². The number of esters is 2. The Hall–Kier alpha value is -3.42. The lowest BCUT2D eigenvalue weighted by Gasteiger charge is -2.13. The molecule has 1 aromatic carbocycles. The third-order valence-electron chi connectivity index (χ3n) is 3.35. The van der Waals surface area contributed by atoms with Crippen LogP contribution in [-0.2, 0) is 19.1 Å². The van der Waals surface area contributed by atoms with E-state index in [0.29, 0.717) is 16.9 Å². The van der Waals surface area contributed by atoms with Crippen LogP contribution in [0.2, 0.25) is 0 Å². The molecule has 0 amide bonds. The standard InChI is InChI=1S/C17H17N3O5/c1-10-4-5-11(12-6-7-15(21)20-19-12)8-13(10)18-14(17(23)25-3)9-16(22)24-2/h4-9,18H,1-3H3,(H,20,21)/b14-9+. The number of carbonyl (C=O) groups excluding carboxylic acids is 2. The number of H-pyrrole nitrogens is 1. The lowest BCUT2D eigenvalue weighted by Crippen LogP contribution is -2.16. The smallest absolute Gasteiger partial charge is 0.354 e. The van der Waals surface area contributed by atoms with E-state index in [9.17, 15) is 14.4 Å². The summed E-state index contributed by atoms with van der Waals surface area (Å²) in [6.45, 7) is 1.83. The molecule has 0 aliphatic carbocycles. The predicted molar refractivity (Wildman–Crippen MR) is 90.8 cm³/mol. The first-order valence-corrected chi connectivity index (χ1v) is 7.26. The lowest BCUT2D eigenvalue weighted by molar-refractivity contribution is -0.138. The molecule has 8 heteroatoms. The summed E-state index contributed by atoms with van der Waals surface area (Å²) in [7, 11) is 2.42. The Morgan fingerprint density at radius 3 is 2.52 bits per heavy atom. The number of benzene rings is 1. The van der Waals surface area contributed by atoms with Crippen molar-refractivity contribution in [2.75, 3.05) is 19.5 Å². The number of methoxy groups -OCH3 is 2. The highest BCUT2D eigenvalue weighted by Gasteiger charge is 2.14. The van der Waals surface area contributed by atoms with Crippen molar-refractivity contribution in [2.45, 2.75) is 6.92 Å². The van der Waals surface area contributed by atoms with Gasteiger partial charge in [0, 0.05) is 17.3 Å². The van der Waals surface area contributed by atoms with Gasteiger partial charge in [0.25, 0.3) is 5.56 Å². The molecule has 2 rings (SSSR count). The van der Waals surface area contributed by atoms with E-state index in [1.165, 1.54) is 20.3 Å². The fourth-order valence-corrected chi connectivity index (χ4v) is 2.00. The Labute approximate surface area is 143 Å². The van der Waals surface area contributed by atoms with E-state index in [2.05, 4.69) is 25.0 Å². The first kappa shape index (κ1) is 17.9. The zero-order valence-corrected chi connectivity index (χ0v) is 14.0. The molecule has 0 radical (unpaired) electrons. The Morgan fingerprint density at radius 1 is 1.16 bits per heavy atom. The van der Waals surface area contributed by atoms with Crippen LogP contribution in [0.5, 0.6) is 0 Å². The molecule has 1 aromatic heterocycles. The van der Waals surface area contributed by atoms with Crippen molar-refractivity contribution in [2.24, 2.45) is 0 Å². The molecular formula is C17H17N3O5. The second-order valence-corrected chi connectivity index (χ2v) is 5.03. The van der Waals surface area contributed by atoms with Gasteiger partial charge in [-0.25, -0.2) is 14.7 Å². The second-order valence-electron chi connectivity index (χ2n) is 5.03. The number of aryl methyl sites for hydroxylation is 1. The maximum absolute atomic E-state index is 11.9. The summed E-state index contributed by atoms with van der Waals surface area (Å²) in [5.41, 5.74) is 2.30. The average Bonchev–Trinajstić information content (AvgIpc) is 2.62. The summed E-state index contributed by atoms with van der Waals surface area (Å²) >= 11 is 0. The van der Waals surface area contributed by atoms with Gasteiger partial charge >= 0.3 is 11.9 Å². The molecule has 0 atom stereocenters. The van der Waals surface area contributed by atoms with Crippen LogP contribution in [-0.4, -0.2) is 36.4 Å². The van der Waals surface area contributed by atoms with E-state index in [-0.39, 0.29) is 11.3 Å². The van der Waals surface area contributed by atoms with E-state index >= 15 is 0 Å². The highest BCUT2D eigenvalue weighted by Crippen LogP contribution is 2.24. The molecule has 0 aliphatic heterocycles. The summed E-state index contributed by atoms with van der Waals surface area (Å²) in [4.78, 5) is 34.4. The van der Waals surface area contributed by atoms with Gasteiger partial charge in [-0.3, -0.25) is 4.79 Å². The Morgan fingerprint density at radius 2 is 1.92 bits per heavy atom. The van der Waals surface area contributed by atoms with Gasteiger partial charge in [0.15, 0.2) is 0 Å². The summed E-state index contributed by atoms with van der Waals surface area (Å²) in [5, 5.41) is 9.20. The molecular weight excluding hydrogens is 326 g/mol. The number of rotatable bonds is 5. The SMILES string of the molecule is COC(=O)/C=C(/Nc1cc(-c2ccc(=O)[nH]n2)ccc1C)C(=O)OC. The molecule has 8 nitrogen and oxygen atoms in total. The first-order valence-electron chi connectivity index (χ1n) is 7.26. The number of ether oxygens (including phenoxy) is 2. The maximum Gasteiger partial charge on any atom is 0.354 e. The average molecular weight is 343 g/mol. The van der Waals surface area contributed by atoms with E-state index in [0.717, 1.165) is 11.6 Å². The third kappa shape index (κ3) is 4.54. The number of nitrogens with one attached hydrogen (secondary N) is 2. The highest BCUT2D eigenvalue weighted by atomic mass is 16.5. The van der Waals surface area contributed by atoms with Crippen molar-refractivity contribution in [3.8, 4) is 11.3 Å². The van der Waals surface area contributed by atoms with Crippen LogP contribution in [0.25, 0.3) is 11.3 Å². The highest BCUT2D eigenvalue weighted by molar-refractivity contribution is 5.99.